The van der Waals surface area contributed by atoms with Gasteiger partial charge in [-0.1, -0.05) is 12.1 Å². The number of nitrogens with zero attached hydrogens (tertiary/aromatic N) is 3. The van der Waals surface area contributed by atoms with Crippen LogP contribution < -0.4 is 10.6 Å². The molecule has 1 aliphatic heterocycles. The molecule has 0 atom stereocenters. The number of hydrogen-bond acceptors (Lipinski definition) is 7. The van der Waals surface area contributed by atoms with Gasteiger partial charge in [-0.05, 0) is 68.5 Å². The van der Waals surface area contributed by atoms with Gasteiger partial charge in [0.1, 0.15) is 17.2 Å². The van der Waals surface area contributed by atoms with Crippen LogP contribution in [-0.4, -0.2) is 74.2 Å². The monoisotopic (exact) mass is 549 g/mol. The Kier molecular flexibility index (Phi) is 8.39. The van der Waals surface area contributed by atoms with Gasteiger partial charge in [0.15, 0.2) is 5.58 Å². The Bertz CT molecular complexity index is 1490. The normalized spacial score (nSPS) is 14.2. The molecule has 0 radical (unpaired) electrons. The third-order valence-electron chi connectivity index (χ3n) is 6.92. The van der Waals surface area contributed by atoms with Gasteiger partial charge in [-0.3, -0.25) is 9.69 Å². The maximum Gasteiger partial charge on any atom is 0.300 e. The van der Waals surface area contributed by atoms with Gasteiger partial charge in [0.25, 0.3) is 11.9 Å². The smallest absolute Gasteiger partial charge is 0.300 e. The number of amides is 1. The first-order chi connectivity index (χ1) is 19.3. The van der Waals surface area contributed by atoms with E-state index in [-0.39, 0.29) is 24.0 Å². The van der Waals surface area contributed by atoms with Gasteiger partial charge in [-0.2, -0.15) is 4.98 Å². The summed E-state index contributed by atoms with van der Waals surface area (Å²) in [4.78, 5) is 21.0. The summed E-state index contributed by atoms with van der Waals surface area (Å²) in [5, 5.41) is 6.05. The average molecular weight is 550 g/mol. The maximum atomic E-state index is 15.1. The Morgan fingerprint density at radius 3 is 2.52 bits per heavy atom. The quantitative estimate of drug-likeness (QED) is 0.306. The van der Waals surface area contributed by atoms with Crippen molar-refractivity contribution < 1.29 is 22.7 Å². The van der Waals surface area contributed by atoms with Crippen molar-refractivity contribution in [1.29, 1.82) is 0 Å². The van der Waals surface area contributed by atoms with Crippen LogP contribution in [0, 0.1) is 18.6 Å². The fourth-order valence-electron chi connectivity index (χ4n) is 4.73. The molecule has 0 aliphatic carbocycles. The molecule has 40 heavy (non-hydrogen) atoms. The number of anilines is 2. The van der Waals surface area contributed by atoms with Gasteiger partial charge in [-0.25, -0.2) is 8.78 Å². The molecule has 5 rings (SSSR count). The second-order valence-corrected chi connectivity index (χ2v) is 10.2. The van der Waals surface area contributed by atoms with E-state index in [2.05, 4.69) is 15.6 Å². The third kappa shape index (κ3) is 6.30. The zero-order valence-corrected chi connectivity index (χ0v) is 22.9. The highest BCUT2D eigenvalue weighted by Crippen LogP contribution is 2.33. The Morgan fingerprint density at radius 1 is 1.07 bits per heavy atom. The van der Waals surface area contributed by atoms with Crippen LogP contribution in [-0.2, 0) is 11.3 Å². The summed E-state index contributed by atoms with van der Waals surface area (Å²) < 4.78 is 41.5. The fraction of sp³-hybridized carbons (Fsp3) is 0.333. The number of halogens is 2. The van der Waals surface area contributed by atoms with Gasteiger partial charge in [0.05, 0.1) is 13.2 Å². The van der Waals surface area contributed by atoms with Crippen LogP contribution in [0.25, 0.3) is 22.2 Å². The largest absolute Gasteiger partial charge is 0.423 e. The molecule has 1 fully saturated rings. The molecule has 210 valence electrons. The Morgan fingerprint density at radius 2 is 1.82 bits per heavy atom. The average Bonchev–Trinajstić information content (AvgIpc) is 3.33. The number of oxazole rings is 1. The molecule has 0 saturated carbocycles. The minimum Gasteiger partial charge on any atom is -0.423 e. The molecule has 1 amide bonds. The molecule has 1 aromatic heterocycles. The van der Waals surface area contributed by atoms with E-state index >= 15 is 8.78 Å². The standard InChI is InChI=1S/C30H33F2N5O3/c1-19-15-21(7-8-22(19)29(38)33-9-10-36(2)3)34-30-35-27-6-4-5-23(28(27)40-30)20-16-25(31)24(26(32)17-20)18-37-11-13-39-14-12-37/h4-8,15-17H,9-14,18H2,1-3H3,(H,33,38)(H,34,35). The molecular formula is C30H33F2N5O3. The van der Waals surface area contributed by atoms with Crippen LogP contribution in [0.1, 0.15) is 21.5 Å². The molecule has 0 spiro atoms. The van der Waals surface area contributed by atoms with E-state index in [0.717, 1.165) is 12.1 Å². The molecule has 0 bridgehead atoms. The fourth-order valence-corrected chi connectivity index (χ4v) is 4.73. The van der Waals surface area contributed by atoms with E-state index < -0.39 is 11.6 Å². The van der Waals surface area contributed by atoms with Crippen LogP contribution in [0.4, 0.5) is 20.5 Å². The number of morpholine rings is 1. The summed E-state index contributed by atoms with van der Waals surface area (Å²) in [6, 6.07) is 13.6. The second-order valence-electron chi connectivity index (χ2n) is 10.2. The lowest BCUT2D eigenvalue weighted by Crippen LogP contribution is -2.36. The molecule has 2 N–H and O–H groups in total. The first-order valence-corrected chi connectivity index (χ1v) is 13.3. The zero-order chi connectivity index (χ0) is 28.2. The van der Waals surface area contributed by atoms with Crippen LogP contribution in [0.5, 0.6) is 0 Å². The maximum absolute atomic E-state index is 15.1. The number of carbonyl (C=O) groups excluding carboxylic acids is 1. The van der Waals surface area contributed by atoms with Crippen molar-refractivity contribution in [3.8, 4) is 11.1 Å². The predicted octanol–water partition coefficient (Wildman–Crippen LogP) is 4.95. The molecule has 4 aromatic rings. The van der Waals surface area contributed by atoms with Gasteiger partial charge in [0.2, 0.25) is 0 Å². The third-order valence-corrected chi connectivity index (χ3v) is 6.92. The Hall–Kier alpha value is -3.86. The lowest BCUT2D eigenvalue weighted by molar-refractivity contribution is 0.0332. The number of benzene rings is 3. The molecule has 8 nitrogen and oxygen atoms in total. The highest BCUT2D eigenvalue weighted by Gasteiger charge is 2.20. The van der Waals surface area contributed by atoms with Crippen molar-refractivity contribution in [1.82, 2.24) is 20.1 Å². The summed E-state index contributed by atoms with van der Waals surface area (Å²) in [6.45, 7) is 5.76. The number of hydrogen-bond donors (Lipinski definition) is 2. The number of para-hydroxylation sites is 1. The van der Waals surface area contributed by atoms with Crippen molar-refractivity contribution in [2.24, 2.45) is 0 Å². The number of rotatable bonds is 9. The Labute approximate surface area is 231 Å². The van der Waals surface area contributed by atoms with E-state index in [1.165, 1.54) is 12.1 Å². The molecule has 0 unspecified atom stereocenters. The van der Waals surface area contributed by atoms with Crippen LogP contribution in [0.3, 0.4) is 0 Å². The summed E-state index contributed by atoms with van der Waals surface area (Å²) in [5.41, 5.74) is 4.00. The summed E-state index contributed by atoms with van der Waals surface area (Å²) in [7, 11) is 3.90. The van der Waals surface area contributed by atoms with Gasteiger partial charge < -0.3 is 24.7 Å². The lowest BCUT2D eigenvalue weighted by Gasteiger charge is -2.26. The van der Waals surface area contributed by atoms with Crippen molar-refractivity contribution in [3.05, 3.63) is 76.9 Å². The van der Waals surface area contributed by atoms with Crippen LogP contribution >= 0.6 is 0 Å². The number of ether oxygens (including phenoxy) is 1. The number of carbonyl (C=O) groups is 1. The van der Waals surface area contributed by atoms with Gasteiger partial charge >= 0.3 is 0 Å². The van der Waals surface area contributed by atoms with E-state index in [0.29, 0.717) is 66.3 Å². The SMILES string of the molecule is Cc1cc(Nc2nc3cccc(-c4cc(F)c(CN5CCOCC5)c(F)c4)c3o2)ccc1C(=O)NCCN(C)C. The Balaban J connectivity index is 1.35. The van der Waals surface area contributed by atoms with Gasteiger partial charge in [-0.15, -0.1) is 0 Å². The van der Waals surface area contributed by atoms with Crippen molar-refractivity contribution in [2.45, 2.75) is 13.5 Å². The summed E-state index contributed by atoms with van der Waals surface area (Å²) in [6.07, 6.45) is 0. The number of aromatic nitrogens is 1. The second kappa shape index (κ2) is 12.1. The van der Waals surface area contributed by atoms with Crippen molar-refractivity contribution >= 4 is 28.7 Å². The predicted molar refractivity (Wildman–Crippen MR) is 151 cm³/mol. The van der Waals surface area contributed by atoms with Crippen molar-refractivity contribution in [3.63, 3.8) is 0 Å². The highest BCUT2D eigenvalue weighted by molar-refractivity contribution is 5.96. The number of nitrogens with one attached hydrogen (secondary N) is 2. The topological polar surface area (TPSA) is 82.9 Å². The zero-order valence-electron chi connectivity index (χ0n) is 22.9. The number of fused-ring (bicyclic) bond motifs is 1. The molecule has 1 saturated heterocycles. The molecular weight excluding hydrogens is 516 g/mol. The van der Waals surface area contributed by atoms with Crippen LogP contribution in [0.2, 0.25) is 0 Å². The minimum atomic E-state index is -0.599. The summed E-state index contributed by atoms with van der Waals surface area (Å²) >= 11 is 0. The highest BCUT2D eigenvalue weighted by atomic mass is 19.1. The molecule has 10 heteroatoms. The first-order valence-electron chi connectivity index (χ1n) is 13.3. The molecule has 3 aromatic carbocycles. The van der Waals surface area contributed by atoms with Crippen molar-refractivity contribution in [2.75, 3.05) is 58.8 Å². The molecule has 1 aliphatic rings. The van der Waals surface area contributed by atoms with E-state index in [1.807, 2.05) is 36.9 Å². The van der Waals surface area contributed by atoms with E-state index in [4.69, 9.17) is 9.15 Å². The van der Waals surface area contributed by atoms with E-state index in [9.17, 15) is 4.79 Å². The molecule has 2 heterocycles. The summed E-state index contributed by atoms with van der Waals surface area (Å²) in [5.74, 6) is -1.33. The van der Waals surface area contributed by atoms with Crippen LogP contribution in [0.15, 0.2) is 52.9 Å². The van der Waals surface area contributed by atoms with E-state index in [1.54, 1.807) is 30.3 Å². The first kappa shape index (κ1) is 27.7. The number of aryl methyl sites for hydroxylation is 1. The number of likely N-dealkylation sites (N-methyl/N-ethyl adjacent to an activating group) is 1. The van der Waals surface area contributed by atoms with Gasteiger partial charge in [0, 0.05) is 55.1 Å². The minimum absolute atomic E-state index is 0.0444. The lowest BCUT2D eigenvalue weighted by atomic mass is 10.0.